The maximum atomic E-state index is 13.2. The third-order valence-corrected chi connectivity index (χ3v) is 5.37. The van der Waals surface area contributed by atoms with Gasteiger partial charge in [-0.2, -0.15) is 5.10 Å². The summed E-state index contributed by atoms with van der Waals surface area (Å²) < 4.78 is 14.9. The second kappa shape index (κ2) is 8.14. The second-order valence-electron chi connectivity index (χ2n) is 7.44. The zero-order valence-electron chi connectivity index (χ0n) is 17.1. The Kier molecular flexibility index (Phi) is 5.37. The Balaban J connectivity index is 1.47. The molecule has 8 heteroatoms. The molecule has 0 radical (unpaired) electrons. The molecule has 3 amide bonds. The van der Waals surface area contributed by atoms with Crippen molar-refractivity contribution in [2.45, 2.75) is 32.7 Å². The fraction of sp³-hybridized carbons (Fsp3) is 0.217. The van der Waals surface area contributed by atoms with E-state index in [0.717, 1.165) is 21.8 Å². The minimum atomic E-state index is -0.320. The van der Waals surface area contributed by atoms with Crippen molar-refractivity contribution in [1.29, 1.82) is 0 Å². The van der Waals surface area contributed by atoms with Crippen LogP contribution in [0.25, 0.3) is 5.69 Å². The number of hydrogen-bond donors (Lipinski definition) is 1. The number of imide groups is 1. The lowest BCUT2D eigenvalue weighted by Gasteiger charge is -2.16. The molecule has 2 aromatic carbocycles. The number of rotatable bonds is 5. The molecule has 0 spiro atoms. The van der Waals surface area contributed by atoms with Gasteiger partial charge in [-0.1, -0.05) is 0 Å². The van der Waals surface area contributed by atoms with Crippen molar-refractivity contribution in [3.05, 3.63) is 77.4 Å². The molecule has 1 aliphatic heterocycles. The third kappa shape index (κ3) is 3.96. The number of nitrogens with zero attached hydrogens (tertiary/aromatic N) is 3. The highest BCUT2D eigenvalue weighted by molar-refractivity contribution is 6.19. The predicted octanol–water partition coefficient (Wildman–Crippen LogP) is 3.46. The first kappa shape index (κ1) is 20.5. The van der Waals surface area contributed by atoms with Crippen LogP contribution in [0.15, 0.2) is 54.7 Å². The van der Waals surface area contributed by atoms with E-state index in [9.17, 15) is 18.8 Å². The number of benzene rings is 2. The van der Waals surface area contributed by atoms with Gasteiger partial charge in [0.25, 0.3) is 5.91 Å². The summed E-state index contributed by atoms with van der Waals surface area (Å²) in [5.41, 5.74) is 3.28. The van der Waals surface area contributed by atoms with Crippen molar-refractivity contribution in [3.63, 3.8) is 0 Å². The maximum absolute atomic E-state index is 13.2. The first-order chi connectivity index (χ1) is 14.8. The van der Waals surface area contributed by atoms with Crippen LogP contribution in [0.1, 0.15) is 47.4 Å². The Morgan fingerprint density at radius 3 is 2.19 bits per heavy atom. The van der Waals surface area contributed by atoms with Gasteiger partial charge in [0.15, 0.2) is 0 Å². The van der Waals surface area contributed by atoms with Crippen LogP contribution >= 0.6 is 0 Å². The summed E-state index contributed by atoms with van der Waals surface area (Å²) in [4.78, 5) is 37.6. The first-order valence-corrected chi connectivity index (χ1v) is 9.92. The predicted molar refractivity (Wildman–Crippen MR) is 112 cm³/mol. The molecule has 1 N–H and O–H groups in total. The lowest BCUT2D eigenvalue weighted by molar-refractivity contribution is -0.121. The van der Waals surface area contributed by atoms with Crippen molar-refractivity contribution in [3.8, 4) is 5.69 Å². The maximum Gasteiger partial charge on any atom is 0.251 e. The summed E-state index contributed by atoms with van der Waals surface area (Å²) in [5, 5.41) is 7.29. The van der Waals surface area contributed by atoms with Crippen molar-refractivity contribution in [1.82, 2.24) is 15.1 Å². The molecule has 3 aromatic rings. The average molecular weight is 420 g/mol. The summed E-state index contributed by atoms with van der Waals surface area (Å²) in [7, 11) is 0. The van der Waals surface area contributed by atoms with Crippen molar-refractivity contribution in [2.75, 3.05) is 4.90 Å². The van der Waals surface area contributed by atoms with Gasteiger partial charge in [0.2, 0.25) is 11.8 Å². The zero-order chi connectivity index (χ0) is 22.1. The molecule has 7 nitrogen and oxygen atoms in total. The van der Waals surface area contributed by atoms with Crippen LogP contribution in [-0.4, -0.2) is 27.5 Å². The Hall–Kier alpha value is -3.81. The Bertz CT molecular complexity index is 1140. The number of carbonyl (C=O) groups is 3. The lowest BCUT2D eigenvalue weighted by Crippen LogP contribution is -2.29. The highest BCUT2D eigenvalue weighted by atomic mass is 19.1. The van der Waals surface area contributed by atoms with Crippen LogP contribution in [0.2, 0.25) is 0 Å². The molecule has 158 valence electrons. The first-order valence-electron chi connectivity index (χ1n) is 9.92. The van der Waals surface area contributed by atoms with E-state index in [0.29, 0.717) is 11.3 Å². The molecule has 2 heterocycles. The van der Waals surface area contributed by atoms with E-state index in [4.69, 9.17) is 0 Å². The van der Waals surface area contributed by atoms with E-state index in [-0.39, 0.29) is 42.4 Å². The fourth-order valence-corrected chi connectivity index (χ4v) is 3.67. The van der Waals surface area contributed by atoms with Crippen LogP contribution in [0, 0.1) is 12.7 Å². The van der Waals surface area contributed by atoms with Crippen LogP contribution in [0.5, 0.6) is 0 Å². The molecular formula is C23H21FN4O3. The van der Waals surface area contributed by atoms with Gasteiger partial charge in [-0.05, 0) is 62.4 Å². The average Bonchev–Trinajstić information content (AvgIpc) is 3.30. The minimum Gasteiger partial charge on any atom is -0.345 e. The number of aromatic nitrogens is 2. The quantitative estimate of drug-likeness (QED) is 0.641. The Labute approximate surface area is 178 Å². The molecule has 0 bridgehead atoms. The molecule has 0 unspecified atom stereocenters. The molecule has 4 rings (SSSR count). The molecule has 1 fully saturated rings. The van der Waals surface area contributed by atoms with E-state index in [2.05, 4.69) is 10.4 Å². The summed E-state index contributed by atoms with van der Waals surface area (Å²) in [6.07, 6.45) is 2.10. The highest BCUT2D eigenvalue weighted by Gasteiger charge is 2.30. The van der Waals surface area contributed by atoms with Gasteiger partial charge in [0.05, 0.1) is 23.6 Å². The molecule has 31 heavy (non-hydrogen) atoms. The number of anilines is 1. The van der Waals surface area contributed by atoms with Gasteiger partial charge < -0.3 is 5.32 Å². The zero-order valence-corrected chi connectivity index (χ0v) is 17.1. The SMILES string of the molecule is Cc1c([C@H](C)NC(=O)c2ccc(N3C(=O)CCC3=O)cc2)cnn1-c1ccc(F)cc1. The summed E-state index contributed by atoms with van der Waals surface area (Å²) >= 11 is 0. The molecule has 0 aliphatic carbocycles. The van der Waals surface area contributed by atoms with Crippen molar-refractivity contribution < 1.29 is 18.8 Å². The number of nitrogens with one attached hydrogen (secondary N) is 1. The lowest BCUT2D eigenvalue weighted by atomic mass is 10.1. The summed E-state index contributed by atoms with van der Waals surface area (Å²) in [6, 6.07) is 12.1. The standard InChI is InChI=1S/C23H21FN4O3/c1-14(20-13-25-28(15(20)2)19-9-5-17(24)6-10-19)26-23(31)16-3-7-18(8-4-16)27-21(29)11-12-22(27)30/h3-10,13-14H,11-12H2,1-2H3,(H,26,31)/t14-/m0/s1. The minimum absolute atomic E-state index is 0.212. The van der Waals surface area contributed by atoms with Crippen LogP contribution < -0.4 is 10.2 Å². The molecule has 0 saturated carbocycles. The number of hydrogen-bond acceptors (Lipinski definition) is 4. The topological polar surface area (TPSA) is 84.3 Å². The summed E-state index contributed by atoms with van der Waals surface area (Å²) in [5.74, 6) is -1.07. The third-order valence-electron chi connectivity index (χ3n) is 5.37. The van der Waals surface area contributed by atoms with Gasteiger partial charge in [0, 0.05) is 29.7 Å². The smallest absolute Gasteiger partial charge is 0.251 e. The molecular weight excluding hydrogens is 399 g/mol. The van der Waals surface area contributed by atoms with E-state index in [1.165, 1.54) is 12.1 Å². The van der Waals surface area contributed by atoms with Gasteiger partial charge in [-0.25, -0.2) is 9.07 Å². The molecule has 1 aliphatic rings. The second-order valence-corrected chi connectivity index (χ2v) is 7.44. The van der Waals surface area contributed by atoms with E-state index in [1.54, 1.807) is 47.3 Å². The van der Waals surface area contributed by atoms with Crippen molar-refractivity contribution >= 4 is 23.4 Å². The van der Waals surface area contributed by atoms with Crippen LogP contribution in [0.4, 0.5) is 10.1 Å². The number of carbonyl (C=O) groups excluding carboxylic acids is 3. The molecule has 1 atom stereocenters. The Morgan fingerprint density at radius 1 is 1.00 bits per heavy atom. The number of halogens is 1. The fourth-order valence-electron chi connectivity index (χ4n) is 3.67. The van der Waals surface area contributed by atoms with Crippen LogP contribution in [-0.2, 0) is 9.59 Å². The van der Waals surface area contributed by atoms with Crippen molar-refractivity contribution in [2.24, 2.45) is 0 Å². The van der Waals surface area contributed by atoms with Gasteiger partial charge >= 0.3 is 0 Å². The largest absolute Gasteiger partial charge is 0.345 e. The van der Waals surface area contributed by atoms with Gasteiger partial charge in [0.1, 0.15) is 5.82 Å². The van der Waals surface area contributed by atoms with Gasteiger partial charge in [-0.15, -0.1) is 0 Å². The van der Waals surface area contributed by atoms with E-state index >= 15 is 0 Å². The van der Waals surface area contributed by atoms with Gasteiger partial charge in [-0.3, -0.25) is 19.3 Å². The highest BCUT2D eigenvalue weighted by Crippen LogP contribution is 2.24. The van der Waals surface area contributed by atoms with E-state index in [1.807, 2.05) is 13.8 Å². The van der Waals surface area contributed by atoms with E-state index < -0.39 is 0 Å². The number of amides is 3. The molecule has 1 aromatic heterocycles. The van der Waals surface area contributed by atoms with Crippen LogP contribution in [0.3, 0.4) is 0 Å². The molecule has 1 saturated heterocycles. The summed E-state index contributed by atoms with van der Waals surface area (Å²) in [6.45, 7) is 3.74. The monoisotopic (exact) mass is 420 g/mol. The Morgan fingerprint density at radius 2 is 1.58 bits per heavy atom. The normalized spacial score (nSPS) is 14.7.